The van der Waals surface area contributed by atoms with Gasteiger partial charge in [0, 0.05) is 0 Å². The number of hydrogen-bond donors (Lipinski definition) is 0. The van der Waals surface area contributed by atoms with Crippen LogP contribution in [0.15, 0.2) is 35.5 Å². The van der Waals surface area contributed by atoms with Crippen molar-refractivity contribution in [1.82, 2.24) is 0 Å². The van der Waals surface area contributed by atoms with E-state index in [2.05, 4.69) is 52.0 Å². The van der Waals surface area contributed by atoms with Crippen molar-refractivity contribution >= 4 is 0 Å². The second kappa shape index (κ2) is 11.7. The quantitative estimate of drug-likeness (QED) is 0.329. The lowest BCUT2D eigenvalue weighted by molar-refractivity contribution is 0.755. The van der Waals surface area contributed by atoms with E-state index in [4.69, 9.17) is 0 Å². The predicted molar refractivity (Wildman–Crippen MR) is 80.3 cm³/mol. The molecule has 0 aromatic heterocycles. The van der Waals surface area contributed by atoms with E-state index >= 15 is 0 Å². The third-order valence-corrected chi connectivity index (χ3v) is 2.81. The molecule has 0 aliphatic heterocycles. The average Bonchev–Trinajstić information content (AvgIpc) is 2.27. The molecule has 0 saturated carbocycles. The minimum atomic E-state index is 1.17. The Hall–Kier alpha value is -0.780. The molecule has 0 aromatic carbocycles. The van der Waals surface area contributed by atoms with Crippen molar-refractivity contribution in [2.75, 3.05) is 0 Å². The molecule has 0 fully saturated rings. The first-order valence-corrected chi connectivity index (χ1v) is 7.10. The van der Waals surface area contributed by atoms with Gasteiger partial charge in [0.05, 0.1) is 0 Å². The smallest absolute Gasteiger partial charge is 0.0288 e. The Labute approximate surface area is 109 Å². The predicted octanol–water partition coefficient (Wildman–Crippen LogP) is 6.21. The van der Waals surface area contributed by atoms with E-state index in [0.29, 0.717) is 0 Å². The maximum atomic E-state index is 2.42. The molecule has 0 heterocycles. The molecule has 0 amide bonds. The molecule has 0 nitrogen and oxygen atoms in total. The Kier molecular flexibility index (Phi) is 11.2. The standard InChI is InChI=1S/C17H30/c1-5-6-7-8-9-10-11-14-17(4)15-12-13-16(2)3/h6-7,13-14H,5,8-12,15H2,1-4H3. The lowest BCUT2D eigenvalue weighted by atomic mass is 10.1. The van der Waals surface area contributed by atoms with Crippen LogP contribution < -0.4 is 0 Å². The normalized spacial score (nSPS) is 12.1. The van der Waals surface area contributed by atoms with E-state index in [1.54, 1.807) is 5.57 Å². The van der Waals surface area contributed by atoms with Crippen LogP contribution in [0.2, 0.25) is 0 Å². The number of allylic oxidation sites excluding steroid dienone is 6. The molecule has 0 atom stereocenters. The van der Waals surface area contributed by atoms with Crippen LogP contribution in [0.4, 0.5) is 0 Å². The van der Waals surface area contributed by atoms with Crippen LogP contribution in [-0.4, -0.2) is 0 Å². The van der Waals surface area contributed by atoms with Crippen molar-refractivity contribution in [3.05, 3.63) is 35.5 Å². The van der Waals surface area contributed by atoms with Gasteiger partial charge in [0.1, 0.15) is 0 Å². The monoisotopic (exact) mass is 234 g/mol. The Morgan fingerprint density at radius 2 is 1.53 bits per heavy atom. The van der Waals surface area contributed by atoms with Crippen LogP contribution in [0.1, 0.15) is 72.6 Å². The molecule has 0 aliphatic rings. The van der Waals surface area contributed by atoms with E-state index in [1.807, 2.05) is 0 Å². The van der Waals surface area contributed by atoms with Crippen molar-refractivity contribution in [1.29, 1.82) is 0 Å². The zero-order valence-corrected chi connectivity index (χ0v) is 12.3. The summed E-state index contributed by atoms with van der Waals surface area (Å²) in [5.74, 6) is 0. The summed E-state index contributed by atoms with van der Waals surface area (Å²) in [7, 11) is 0. The molecule has 0 spiro atoms. The highest BCUT2D eigenvalue weighted by atomic mass is 14.0. The fourth-order valence-electron chi connectivity index (χ4n) is 1.73. The zero-order valence-electron chi connectivity index (χ0n) is 12.3. The third kappa shape index (κ3) is 13.2. The third-order valence-electron chi connectivity index (χ3n) is 2.81. The molecule has 0 heteroatoms. The van der Waals surface area contributed by atoms with Gasteiger partial charge in [-0.2, -0.15) is 0 Å². The van der Waals surface area contributed by atoms with Crippen molar-refractivity contribution in [2.45, 2.75) is 72.6 Å². The second-order valence-corrected chi connectivity index (χ2v) is 5.03. The minimum Gasteiger partial charge on any atom is -0.0888 e. The summed E-state index contributed by atoms with van der Waals surface area (Å²) in [6, 6.07) is 0. The van der Waals surface area contributed by atoms with E-state index in [9.17, 15) is 0 Å². The van der Waals surface area contributed by atoms with Crippen molar-refractivity contribution in [3.8, 4) is 0 Å². The fraction of sp³-hybridized carbons (Fsp3) is 0.647. The lowest BCUT2D eigenvalue weighted by Gasteiger charge is -1.99. The Morgan fingerprint density at radius 1 is 0.824 bits per heavy atom. The van der Waals surface area contributed by atoms with Crippen molar-refractivity contribution < 1.29 is 0 Å². The molecule has 17 heavy (non-hydrogen) atoms. The van der Waals surface area contributed by atoms with Gasteiger partial charge in [-0.1, -0.05) is 42.4 Å². The molecular weight excluding hydrogens is 204 g/mol. The number of hydrogen-bond acceptors (Lipinski definition) is 0. The van der Waals surface area contributed by atoms with Crippen LogP contribution >= 0.6 is 0 Å². The molecule has 0 N–H and O–H groups in total. The summed E-state index contributed by atoms with van der Waals surface area (Å²) in [5, 5.41) is 0. The van der Waals surface area contributed by atoms with Crippen molar-refractivity contribution in [2.24, 2.45) is 0 Å². The Bertz CT molecular complexity index is 249. The van der Waals surface area contributed by atoms with Gasteiger partial charge in [0.15, 0.2) is 0 Å². The molecule has 0 saturated heterocycles. The van der Waals surface area contributed by atoms with Gasteiger partial charge in [0.25, 0.3) is 0 Å². The molecule has 0 aliphatic carbocycles. The highest BCUT2D eigenvalue weighted by Gasteiger charge is 1.89. The van der Waals surface area contributed by atoms with Crippen LogP contribution in [0.3, 0.4) is 0 Å². The Balaban J connectivity index is 3.50. The maximum absolute atomic E-state index is 2.42. The van der Waals surface area contributed by atoms with Gasteiger partial charge in [-0.15, -0.1) is 0 Å². The number of rotatable bonds is 9. The highest BCUT2D eigenvalue weighted by Crippen LogP contribution is 2.10. The topological polar surface area (TPSA) is 0 Å². The first-order valence-electron chi connectivity index (χ1n) is 7.10. The highest BCUT2D eigenvalue weighted by molar-refractivity contribution is 5.02. The molecule has 98 valence electrons. The molecule has 0 rings (SSSR count). The summed E-state index contributed by atoms with van der Waals surface area (Å²) in [4.78, 5) is 0. The van der Waals surface area contributed by atoms with Crippen LogP contribution in [-0.2, 0) is 0 Å². The van der Waals surface area contributed by atoms with Gasteiger partial charge >= 0.3 is 0 Å². The van der Waals surface area contributed by atoms with Gasteiger partial charge in [-0.3, -0.25) is 0 Å². The first kappa shape index (κ1) is 16.2. The summed E-state index contributed by atoms with van der Waals surface area (Å²) in [6.45, 7) is 8.79. The van der Waals surface area contributed by atoms with Gasteiger partial charge < -0.3 is 0 Å². The summed E-state index contributed by atoms with van der Waals surface area (Å²) >= 11 is 0. The minimum absolute atomic E-state index is 1.17. The maximum Gasteiger partial charge on any atom is -0.0288 e. The molecule has 0 bridgehead atoms. The van der Waals surface area contributed by atoms with E-state index in [1.165, 1.54) is 50.5 Å². The summed E-state index contributed by atoms with van der Waals surface area (Å²) < 4.78 is 0. The van der Waals surface area contributed by atoms with E-state index < -0.39 is 0 Å². The zero-order chi connectivity index (χ0) is 12.9. The average molecular weight is 234 g/mol. The summed E-state index contributed by atoms with van der Waals surface area (Å²) in [6.07, 6.45) is 18.1. The molecular formula is C17H30. The van der Waals surface area contributed by atoms with E-state index in [-0.39, 0.29) is 0 Å². The van der Waals surface area contributed by atoms with Gasteiger partial charge in [0.2, 0.25) is 0 Å². The largest absolute Gasteiger partial charge is 0.0888 e. The van der Waals surface area contributed by atoms with Crippen molar-refractivity contribution in [3.63, 3.8) is 0 Å². The van der Waals surface area contributed by atoms with Gasteiger partial charge in [-0.25, -0.2) is 0 Å². The van der Waals surface area contributed by atoms with Crippen LogP contribution in [0, 0.1) is 0 Å². The first-order chi connectivity index (χ1) is 8.16. The van der Waals surface area contributed by atoms with Crippen LogP contribution in [0.5, 0.6) is 0 Å². The Morgan fingerprint density at radius 3 is 2.18 bits per heavy atom. The van der Waals surface area contributed by atoms with E-state index in [0.717, 1.165) is 0 Å². The van der Waals surface area contributed by atoms with Crippen LogP contribution in [0.25, 0.3) is 0 Å². The molecule has 0 unspecified atom stereocenters. The molecule has 0 radical (unpaired) electrons. The second-order valence-electron chi connectivity index (χ2n) is 5.03. The number of unbranched alkanes of at least 4 members (excludes halogenated alkanes) is 3. The summed E-state index contributed by atoms with van der Waals surface area (Å²) in [5.41, 5.74) is 2.98. The lowest BCUT2D eigenvalue weighted by Crippen LogP contribution is -1.79. The fourth-order valence-corrected chi connectivity index (χ4v) is 1.73. The molecule has 0 aromatic rings. The SMILES string of the molecule is CCC=CCCCCC=C(C)CCC=C(C)C. The van der Waals surface area contributed by atoms with Gasteiger partial charge in [-0.05, 0) is 65.7 Å².